The van der Waals surface area contributed by atoms with Crippen LogP contribution in [0.15, 0.2) is 36.5 Å². The number of carboxylic acids is 1. The van der Waals surface area contributed by atoms with Gasteiger partial charge in [-0.05, 0) is 49.6 Å². The third kappa shape index (κ3) is 6.87. The van der Waals surface area contributed by atoms with E-state index in [-0.39, 0.29) is 5.91 Å². The second-order valence-electron chi connectivity index (χ2n) is 7.14. The summed E-state index contributed by atoms with van der Waals surface area (Å²) >= 11 is 0. The summed E-state index contributed by atoms with van der Waals surface area (Å²) in [5.41, 5.74) is 3.83. The van der Waals surface area contributed by atoms with Crippen LogP contribution in [-0.4, -0.2) is 46.0 Å². The van der Waals surface area contributed by atoms with Crippen molar-refractivity contribution in [2.24, 2.45) is 0 Å². The Morgan fingerprint density at radius 2 is 1.93 bits per heavy atom. The summed E-state index contributed by atoms with van der Waals surface area (Å²) in [4.78, 5) is 28.7. The fourth-order valence-corrected chi connectivity index (χ4v) is 3.16. The molecule has 2 rings (SSSR count). The van der Waals surface area contributed by atoms with E-state index >= 15 is 0 Å². The minimum Gasteiger partial charge on any atom is -0.487 e. The molecule has 1 amide bonds. The molecule has 0 spiro atoms. The third-order valence-electron chi connectivity index (χ3n) is 4.67. The second-order valence-corrected chi connectivity index (χ2v) is 7.14. The second kappa shape index (κ2) is 10.6. The Kier molecular flexibility index (Phi) is 8.15. The molecule has 0 radical (unpaired) electrons. The van der Waals surface area contributed by atoms with Gasteiger partial charge in [-0.3, -0.25) is 19.5 Å². The maximum absolute atomic E-state index is 11.5. The molecule has 29 heavy (non-hydrogen) atoms. The molecule has 2 aromatic rings. The Balaban J connectivity index is 2.11. The lowest BCUT2D eigenvalue weighted by atomic mass is 10.0. The molecule has 7 nitrogen and oxygen atoms in total. The predicted molar refractivity (Wildman–Crippen MR) is 111 cm³/mol. The van der Waals surface area contributed by atoms with Crippen molar-refractivity contribution in [3.63, 3.8) is 0 Å². The van der Waals surface area contributed by atoms with Gasteiger partial charge in [0.05, 0.1) is 5.69 Å². The first kappa shape index (κ1) is 22.4. The maximum Gasteiger partial charge on any atom is 0.320 e. The van der Waals surface area contributed by atoms with Gasteiger partial charge in [0, 0.05) is 32.8 Å². The average Bonchev–Trinajstić information content (AvgIpc) is 2.66. The van der Waals surface area contributed by atoms with E-state index in [1.807, 2.05) is 49.1 Å². The number of aliphatic carboxylic acids is 1. The minimum absolute atomic E-state index is 0.131. The largest absolute Gasteiger partial charge is 0.487 e. The number of carbonyl (C=O) groups is 2. The molecule has 1 unspecified atom stereocenters. The predicted octanol–water partition coefficient (Wildman–Crippen LogP) is 2.69. The van der Waals surface area contributed by atoms with Crippen molar-refractivity contribution in [3.05, 3.63) is 58.9 Å². The van der Waals surface area contributed by atoms with Crippen LogP contribution in [0.5, 0.6) is 5.75 Å². The highest BCUT2D eigenvalue weighted by molar-refractivity contribution is 5.73. The summed E-state index contributed by atoms with van der Waals surface area (Å²) in [6.45, 7) is 8.76. The molecule has 0 saturated heterocycles. The number of hydrogen-bond donors (Lipinski definition) is 2. The summed E-state index contributed by atoms with van der Waals surface area (Å²) in [5.74, 6) is -0.207. The molecule has 7 heteroatoms. The fourth-order valence-electron chi connectivity index (χ4n) is 3.16. The Labute approximate surface area is 171 Å². The first-order chi connectivity index (χ1) is 13.8. The van der Waals surface area contributed by atoms with Crippen molar-refractivity contribution < 1.29 is 19.4 Å². The summed E-state index contributed by atoms with van der Waals surface area (Å²) in [5, 5.41) is 12.1. The Morgan fingerprint density at radius 3 is 2.48 bits per heavy atom. The van der Waals surface area contributed by atoms with Crippen LogP contribution in [-0.2, 0) is 22.7 Å². The Hall–Kier alpha value is -2.93. The number of ether oxygens (including phenoxy) is 1. The number of nitrogens with one attached hydrogen (secondary N) is 1. The molecule has 1 heterocycles. The van der Waals surface area contributed by atoms with Crippen LogP contribution in [0, 0.1) is 13.8 Å². The normalized spacial score (nSPS) is 11.9. The van der Waals surface area contributed by atoms with E-state index in [9.17, 15) is 14.7 Å². The number of benzene rings is 1. The molecule has 1 atom stereocenters. The van der Waals surface area contributed by atoms with Crippen molar-refractivity contribution in [1.29, 1.82) is 0 Å². The highest BCUT2D eigenvalue weighted by Crippen LogP contribution is 2.26. The van der Waals surface area contributed by atoms with Crippen LogP contribution < -0.4 is 10.1 Å². The van der Waals surface area contributed by atoms with Gasteiger partial charge < -0.3 is 15.2 Å². The van der Waals surface area contributed by atoms with Gasteiger partial charge in [0.1, 0.15) is 18.4 Å². The average molecular weight is 399 g/mol. The number of carbonyl (C=O) groups excluding carboxylic acids is 1. The highest BCUT2D eigenvalue weighted by Gasteiger charge is 2.21. The molecule has 1 aromatic carbocycles. The first-order valence-corrected chi connectivity index (χ1v) is 9.62. The van der Waals surface area contributed by atoms with Crippen molar-refractivity contribution >= 4 is 11.9 Å². The first-order valence-electron chi connectivity index (χ1n) is 9.62. The summed E-state index contributed by atoms with van der Waals surface area (Å²) in [6, 6.07) is 9.07. The lowest BCUT2D eigenvalue weighted by Crippen LogP contribution is -2.42. The summed E-state index contributed by atoms with van der Waals surface area (Å²) in [6.07, 6.45) is 1.74. The Bertz CT molecular complexity index is 816. The van der Waals surface area contributed by atoms with E-state index in [0.29, 0.717) is 26.2 Å². The monoisotopic (exact) mass is 399 g/mol. The highest BCUT2D eigenvalue weighted by atomic mass is 16.5. The minimum atomic E-state index is -0.892. The molecule has 2 N–H and O–H groups in total. The SMILES string of the molecule is CC(=O)NCCN(Cc1cc(C)c(OCc2ccccn2)c(C)c1)C(C)C(=O)O. The van der Waals surface area contributed by atoms with Gasteiger partial charge in [-0.2, -0.15) is 0 Å². The number of aromatic nitrogens is 1. The number of aryl methyl sites for hydroxylation is 2. The number of pyridine rings is 1. The lowest BCUT2D eigenvalue weighted by Gasteiger charge is -2.27. The van der Waals surface area contributed by atoms with E-state index in [1.165, 1.54) is 6.92 Å². The summed E-state index contributed by atoms with van der Waals surface area (Å²) < 4.78 is 5.97. The van der Waals surface area contributed by atoms with Crippen molar-refractivity contribution in [1.82, 2.24) is 15.2 Å². The van der Waals surface area contributed by atoms with Gasteiger partial charge >= 0.3 is 5.97 Å². The van der Waals surface area contributed by atoms with Gasteiger partial charge in [0.15, 0.2) is 0 Å². The van der Waals surface area contributed by atoms with Crippen molar-refractivity contribution in [3.8, 4) is 5.75 Å². The van der Waals surface area contributed by atoms with E-state index in [4.69, 9.17) is 4.74 Å². The zero-order valence-electron chi connectivity index (χ0n) is 17.4. The molecule has 1 aromatic heterocycles. The van der Waals surface area contributed by atoms with Crippen molar-refractivity contribution in [2.45, 2.75) is 46.9 Å². The molecule has 0 aliphatic carbocycles. The van der Waals surface area contributed by atoms with Crippen LogP contribution in [0.4, 0.5) is 0 Å². The fraction of sp³-hybridized carbons (Fsp3) is 0.409. The molecule has 0 aliphatic heterocycles. The Morgan fingerprint density at radius 1 is 1.24 bits per heavy atom. The van der Waals surface area contributed by atoms with Gasteiger partial charge in [0.2, 0.25) is 5.91 Å². The molecule has 0 bridgehead atoms. The number of nitrogens with zero attached hydrogens (tertiary/aromatic N) is 2. The van der Waals surface area contributed by atoms with Crippen molar-refractivity contribution in [2.75, 3.05) is 13.1 Å². The number of amides is 1. The molecule has 0 aliphatic rings. The van der Waals surface area contributed by atoms with E-state index in [2.05, 4.69) is 10.3 Å². The van der Waals surface area contributed by atoms with Crippen LogP contribution >= 0.6 is 0 Å². The van der Waals surface area contributed by atoms with E-state index < -0.39 is 12.0 Å². The van der Waals surface area contributed by atoms with Gasteiger partial charge in [-0.1, -0.05) is 18.2 Å². The van der Waals surface area contributed by atoms with Gasteiger partial charge in [0.25, 0.3) is 0 Å². The molecule has 0 fully saturated rings. The molecule has 0 saturated carbocycles. The third-order valence-corrected chi connectivity index (χ3v) is 4.67. The van der Waals surface area contributed by atoms with Crippen LogP contribution in [0.1, 0.15) is 36.2 Å². The van der Waals surface area contributed by atoms with E-state index in [1.54, 1.807) is 13.1 Å². The van der Waals surface area contributed by atoms with Crippen LogP contribution in [0.25, 0.3) is 0 Å². The smallest absolute Gasteiger partial charge is 0.320 e. The molecular weight excluding hydrogens is 370 g/mol. The van der Waals surface area contributed by atoms with E-state index in [0.717, 1.165) is 28.1 Å². The lowest BCUT2D eigenvalue weighted by molar-refractivity contribution is -0.142. The van der Waals surface area contributed by atoms with Crippen LogP contribution in [0.2, 0.25) is 0 Å². The molecule has 156 valence electrons. The summed E-state index contributed by atoms with van der Waals surface area (Å²) in [7, 11) is 0. The number of hydrogen-bond acceptors (Lipinski definition) is 5. The quantitative estimate of drug-likeness (QED) is 0.638. The number of carboxylic acid groups (broad SMARTS) is 1. The topological polar surface area (TPSA) is 91.8 Å². The standard InChI is InChI=1S/C22H29N3O4/c1-15-11-19(13-25(17(3)22(27)28)10-9-23-18(4)26)12-16(2)21(15)29-14-20-7-5-6-8-24-20/h5-8,11-12,17H,9-10,13-14H2,1-4H3,(H,23,26)(H,27,28). The molecular formula is C22H29N3O4. The van der Waals surface area contributed by atoms with Gasteiger partial charge in [-0.15, -0.1) is 0 Å². The number of rotatable bonds is 10. The zero-order valence-corrected chi connectivity index (χ0v) is 17.4. The van der Waals surface area contributed by atoms with Crippen LogP contribution in [0.3, 0.4) is 0 Å². The maximum atomic E-state index is 11.5. The van der Waals surface area contributed by atoms with Gasteiger partial charge in [-0.25, -0.2) is 0 Å². The zero-order chi connectivity index (χ0) is 21.4.